The maximum atomic E-state index is 11.3. The summed E-state index contributed by atoms with van der Waals surface area (Å²) in [7, 11) is 0. The minimum absolute atomic E-state index is 0.268. The molecule has 3 heteroatoms. The average Bonchev–Trinajstić information content (AvgIpc) is 3.15. The lowest BCUT2D eigenvalue weighted by Gasteiger charge is -2.20. The van der Waals surface area contributed by atoms with Crippen LogP contribution in [0.25, 0.3) is 0 Å². The van der Waals surface area contributed by atoms with E-state index in [1.165, 1.54) is 11.1 Å². The molecule has 1 unspecified atom stereocenters. The van der Waals surface area contributed by atoms with Gasteiger partial charge < -0.3 is 5.11 Å². The molecule has 1 N–H and O–H groups in total. The van der Waals surface area contributed by atoms with Crippen LogP contribution in [0.5, 0.6) is 0 Å². The van der Waals surface area contributed by atoms with E-state index in [4.69, 9.17) is 0 Å². The van der Waals surface area contributed by atoms with Crippen molar-refractivity contribution in [1.29, 1.82) is 0 Å². The largest absolute Gasteiger partial charge is 0.477 e. The summed E-state index contributed by atoms with van der Waals surface area (Å²) in [6.07, 6.45) is 0. The van der Waals surface area contributed by atoms with Crippen molar-refractivity contribution in [3.05, 3.63) is 71.8 Å². The van der Waals surface area contributed by atoms with Gasteiger partial charge in [0.1, 0.15) is 19.6 Å². The van der Waals surface area contributed by atoms with Gasteiger partial charge in [-0.3, -0.25) is 4.48 Å². The summed E-state index contributed by atoms with van der Waals surface area (Å²) in [6.45, 7) is 2.29. The fourth-order valence-electron chi connectivity index (χ4n) is 2.91. The number of hydrogen-bond acceptors (Lipinski definition) is 1. The standard InChI is InChI=1S/C17H17NO2/c19-17(20)16-13-18(16,11-14-7-3-1-4-8-14)12-15-9-5-2-6-10-15/h1-10,16H,11-13H2/p+1. The van der Waals surface area contributed by atoms with E-state index >= 15 is 0 Å². The number of carboxylic acid groups (broad SMARTS) is 1. The van der Waals surface area contributed by atoms with Gasteiger partial charge in [-0.25, -0.2) is 4.79 Å². The van der Waals surface area contributed by atoms with E-state index in [1.807, 2.05) is 36.4 Å². The Morgan fingerprint density at radius 1 is 0.950 bits per heavy atom. The van der Waals surface area contributed by atoms with Crippen LogP contribution in [-0.4, -0.2) is 28.1 Å². The van der Waals surface area contributed by atoms with E-state index in [-0.39, 0.29) is 6.04 Å². The van der Waals surface area contributed by atoms with Crippen LogP contribution in [0.2, 0.25) is 0 Å². The van der Waals surface area contributed by atoms with Gasteiger partial charge in [-0.2, -0.15) is 0 Å². The molecule has 1 aliphatic rings. The number of rotatable bonds is 5. The zero-order chi connectivity index (χ0) is 14.0. The SMILES string of the molecule is O=C(O)C1C[N+]1(Cc1ccccc1)Cc1ccccc1. The quantitative estimate of drug-likeness (QED) is 0.668. The predicted octanol–water partition coefficient (Wildman–Crippen LogP) is 2.67. The van der Waals surface area contributed by atoms with Crippen LogP contribution in [0, 0.1) is 0 Å². The Labute approximate surface area is 118 Å². The normalized spacial score (nSPS) is 19.5. The molecular weight excluding hydrogens is 250 g/mol. The number of quaternary nitrogens is 1. The fraction of sp³-hybridized carbons (Fsp3) is 0.235. The molecule has 20 heavy (non-hydrogen) atoms. The lowest BCUT2D eigenvalue weighted by Crippen LogP contribution is -2.31. The van der Waals surface area contributed by atoms with Crippen LogP contribution in [0.15, 0.2) is 60.7 Å². The summed E-state index contributed by atoms with van der Waals surface area (Å²) in [5, 5.41) is 9.33. The molecule has 0 amide bonds. The minimum atomic E-state index is -0.683. The molecule has 0 spiro atoms. The summed E-state index contributed by atoms with van der Waals surface area (Å²) >= 11 is 0. The van der Waals surface area contributed by atoms with Gasteiger partial charge in [-0.1, -0.05) is 60.7 Å². The molecule has 2 aromatic carbocycles. The number of carbonyl (C=O) groups is 1. The topological polar surface area (TPSA) is 37.3 Å². The highest BCUT2D eigenvalue weighted by Crippen LogP contribution is 2.36. The Hall–Kier alpha value is -2.13. The number of nitrogens with zero attached hydrogens (tertiary/aromatic N) is 1. The maximum absolute atomic E-state index is 11.3. The molecule has 3 rings (SSSR count). The van der Waals surface area contributed by atoms with E-state index in [9.17, 15) is 9.90 Å². The van der Waals surface area contributed by atoms with E-state index in [2.05, 4.69) is 24.3 Å². The molecule has 1 fully saturated rings. The second-order valence-electron chi connectivity index (χ2n) is 5.54. The molecule has 1 atom stereocenters. The van der Waals surface area contributed by atoms with Gasteiger partial charge in [0.2, 0.25) is 6.04 Å². The van der Waals surface area contributed by atoms with Crippen LogP contribution in [0.1, 0.15) is 11.1 Å². The lowest BCUT2D eigenvalue weighted by atomic mass is 10.1. The summed E-state index contributed by atoms with van der Waals surface area (Å²) in [6, 6.07) is 20.0. The van der Waals surface area contributed by atoms with E-state index in [1.54, 1.807) is 0 Å². The summed E-state index contributed by atoms with van der Waals surface area (Å²) in [5.41, 5.74) is 2.40. The van der Waals surface area contributed by atoms with Crippen LogP contribution < -0.4 is 0 Å². The van der Waals surface area contributed by atoms with Crippen molar-refractivity contribution in [2.75, 3.05) is 6.54 Å². The third-order valence-corrected chi connectivity index (χ3v) is 4.03. The van der Waals surface area contributed by atoms with Crippen molar-refractivity contribution in [2.45, 2.75) is 19.1 Å². The Morgan fingerprint density at radius 2 is 1.40 bits per heavy atom. The molecular formula is C17H18NO2+. The third-order valence-electron chi connectivity index (χ3n) is 4.03. The summed E-state index contributed by atoms with van der Waals surface area (Å²) in [4.78, 5) is 11.3. The Morgan fingerprint density at radius 3 is 1.75 bits per heavy atom. The van der Waals surface area contributed by atoms with E-state index < -0.39 is 5.97 Å². The molecule has 0 radical (unpaired) electrons. The first-order valence-electron chi connectivity index (χ1n) is 6.86. The smallest absolute Gasteiger partial charge is 0.368 e. The van der Waals surface area contributed by atoms with Gasteiger partial charge in [0, 0.05) is 11.1 Å². The first-order chi connectivity index (χ1) is 9.70. The summed E-state index contributed by atoms with van der Waals surface area (Å²) in [5.74, 6) is -0.683. The first-order valence-corrected chi connectivity index (χ1v) is 6.86. The third kappa shape index (κ3) is 2.58. The predicted molar refractivity (Wildman–Crippen MR) is 76.8 cm³/mol. The molecule has 2 aromatic rings. The van der Waals surface area contributed by atoms with Gasteiger partial charge in [0.25, 0.3) is 0 Å². The minimum Gasteiger partial charge on any atom is -0.477 e. The van der Waals surface area contributed by atoms with Gasteiger partial charge in [0.05, 0.1) is 0 Å². The van der Waals surface area contributed by atoms with Gasteiger partial charge in [-0.05, 0) is 0 Å². The van der Waals surface area contributed by atoms with Crippen molar-refractivity contribution < 1.29 is 14.4 Å². The van der Waals surface area contributed by atoms with Crippen molar-refractivity contribution in [3.63, 3.8) is 0 Å². The van der Waals surface area contributed by atoms with E-state index in [0.29, 0.717) is 4.48 Å². The van der Waals surface area contributed by atoms with Crippen molar-refractivity contribution in [3.8, 4) is 0 Å². The zero-order valence-corrected chi connectivity index (χ0v) is 11.3. The second kappa shape index (κ2) is 5.10. The highest BCUT2D eigenvalue weighted by Gasteiger charge is 2.59. The Bertz CT molecular complexity index is 553. The molecule has 1 saturated heterocycles. The lowest BCUT2D eigenvalue weighted by molar-refractivity contribution is -0.837. The van der Waals surface area contributed by atoms with Crippen molar-refractivity contribution in [1.82, 2.24) is 0 Å². The number of hydrogen-bond donors (Lipinski definition) is 1. The van der Waals surface area contributed by atoms with Crippen LogP contribution in [0.3, 0.4) is 0 Å². The second-order valence-corrected chi connectivity index (χ2v) is 5.54. The van der Waals surface area contributed by atoms with Gasteiger partial charge in [-0.15, -0.1) is 0 Å². The number of benzene rings is 2. The molecule has 1 aliphatic heterocycles. The fourth-order valence-corrected chi connectivity index (χ4v) is 2.91. The molecule has 3 nitrogen and oxygen atoms in total. The molecule has 0 aromatic heterocycles. The molecule has 0 aliphatic carbocycles. The average molecular weight is 268 g/mol. The molecule has 102 valence electrons. The number of aliphatic carboxylic acids is 1. The molecule has 1 heterocycles. The van der Waals surface area contributed by atoms with Gasteiger partial charge in [0.15, 0.2) is 0 Å². The van der Waals surface area contributed by atoms with Crippen molar-refractivity contribution in [2.24, 2.45) is 0 Å². The van der Waals surface area contributed by atoms with Crippen LogP contribution in [-0.2, 0) is 17.9 Å². The number of carboxylic acids is 1. The Kier molecular flexibility index (Phi) is 3.28. The maximum Gasteiger partial charge on any atom is 0.368 e. The highest BCUT2D eigenvalue weighted by molar-refractivity contribution is 5.74. The zero-order valence-electron chi connectivity index (χ0n) is 11.3. The summed E-state index contributed by atoms with van der Waals surface area (Å²) < 4.78 is 0.628. The molecule has 0 saturated carbocycles. The van der Waals surface area contributed by atoms with Crippen LogP contribution >= 0.6 is 0 Å². The molecule has 0 bridgehead atoms. The van der Waals surface area contributed by atoms with Crippen molar-refractivity contribution >= 4 is 5.97 Å². The first kappa shape index (κ1) is 12.9. The van der Waals surface area contributed by atoms with Gasteiger partial charge >= 0.3 is 5.97 Å². The Balaban J connectivity index is 1.82. The van der Waals surface area contributed by atoms with Crippen LogP contribution in [0.4, 0.5) is 0 Å². The van der Waals surface area contributed by atoms with E-state index in [0.717, 1.165) is 19.6 Å². The highest BCUT2D eigenvalue weighted by atomic mass is 16.4. The monoisotopic (exact) mass is 268 g/mol.